The summed E-state index contributed by atoms with van der Waals surface area (Å²) in [7, 11) is 1.94. The first kappa shape index (κ1) is 21.2. The molecule has 1 aliphatic heterocycles. The van der Waals surface area contributed by atoms with Gasteiger partial charge in [0.05, 0.1) is 25.5 Å². The van der Waals surface area contributed by atoms with Gasteiger partial charge in [-0.3, -0.25) is 9.58 Å². The maximum absolute atomic E-state index is 5.51. The van der Waals surface area contributed by atoms with Crippen LogP contribution in [0.5, 0.6) is 0 Å². The first-order valence-corrected chi connectivity index (χ1v) is 8.44. The van der Waals surface area contributed by atoms with Crippen LogP contribution in [0.4, 0.5) is 0 Å². The van der Waals surface area contributed by atoms with Gasteiger partial charge in [0.25, 0.3) is 0 Å². The molecule has 24 heavy (non-hydrogen) atoms. The Morgan fingerprint density at radius 2 is 2.29 bits per heavy atom. The molecule has 0 saturated carbocycles. The molecular weight excluding hydrogens is 419 g/mol. The molecule has 138 valence electrons. The third-order valence-corrected chi connectivity index (χ3v) is 4.22. The normalized spacial score (nSPS) is 20.3. The summed E-state index contributed by atoms with van der Waals surface area (Å²) in [6.07, 6.45) is 1.80. The molecule has 2 heterocycles. The number of hydrogen-bond acceptors (Lipinski definition) is 4. The van der Waals surface area contributed by atoms with Crippen molar-refractivity contribution in [1.82, 2.24) is 25.3 Å². The first-order valence-electron chi connectivity index (χ1n) is 8.44. The molecule has 2 unspecified atom stereocenters. The Kier molecular flexibility index (Phi) is 9.60. The van der Waals surface area contributed by atoms with Gasteiger partial charge in [0, 0.05) is 45.0 Å². The van der Waals surface area contributed by atoms with E-state index in [4.69, 9.17) is 4.74 Å². The molecule has 7 nitrogen and oxygen atoms in total. The third-order valence-electron chi connectivity index (χ3n) is 4.22. The van der Waals surface area contributed by atoms with Gasteiger partial charge >= 0.3 is 0 Å². The predicted octanol–water partition coefficient (Wildman–Crippen LogP) is 1.20. The number of aliphatic imine (C=N–C) groups is 1. The van der Waals surface area contributed by atoms with E-state index in [9.17, 15) is 0 Å². The van der Waals surface area contributed by atoms with Crippen molar-refractivity contribution in [2.75, 3.05) is 32.8 Å². The molecule has 8 heteroatoms. The zero-order valence-electron chi connectivity index (χ0n) is 15.2. The van der Waals surface area contributed by atoms with Gasteiger partial charge in [-0.25, -0.2) is 4.99 Å². The largest absolute Gasteiger partial charge is 0.379 e. The summed E-state index contributed by atoms with van der Waals surface area (Å²) in [6.45, 7) is 11.5. The summed E-state index contributed by atoms with van der Waals surface area (Å²) in [5.41, 5.74) is 1.09. The molecule has 1 fully saturated rings. The number of aryl methyl sites for hydroxylation is 1. The van der Waals surface area contributed by atoms with E-state index < -0.39 is 0 Å². The molecule has 2 rings (SSSR count). The van der Waals surface area contributed by atoms with Crippen LogP contribution in [0.2, 0.25) is 0 Å². The van der Waals surface area contributed by atoms with Crippen LogP contribution < -0.4 is 10.6 Å². The van der Waals surface area contributed by atoms with Crippen molar-refractivity contribution in [2.24, 2.45) is 12.0 Å². The van der Waals surface area contributed by atoms with E-state index in [1.165, 1.54) is 0 Å². The molecule has 0 amide bonds. The highest BCUT2D eigenvalue weighted by molar-refractivity contribution is 14.0. The van der Waals surface area contributed by atoms with Gasteiger partial charge in [-0.2, -0.15) is 5.10 Å². The quantitative estimate of drug-likeness (QED) is 0.388. The van der Waals surface area contributed by atoms with E-state index in [0.717, 1.165) is 44.5 Å². The van der Waals surface area contributed by atoms with E-state index >= 15 is 0 Å². The molecule has 1 aliphatic rings. The minimum atomic E-state index is 0. The maximum atomic E-state index is 5.51. The molecular formula is C16H31IN6O. The Morgan fingerprint density at radius 3 is 2.92 bits per heavy atom. The number of morpholine rings is 1. The van der Waals surface area contributed by atoms with Gasteiger partial charge in [0.15, 0.2) is 5.96 Å². The van der Waals surface area contributed by atoms with Gasteiger partial charge in [-0.05, 0) is 26.8 Å². The molecule has 0 bridgehead atoms. The lowest BCUT2D eigenvalue weighted by atomic mass is 10.2. The molecule has 0 spiro atoms. The maximum Gasteiger partial charge on any atom is 0.191 e. The summed E-state index contributed by atoms with van der Waals surface area (Å²) < 4.78 is 7.36. The van der Waals surface area contributed by atoms with E-state index in [1.807, 2.05) is 17.8 Å². The van der Waals surface area contributed by atoms with Crippen molar-refractivity contribution in [3.63, 3.8) is 0 Å². The number of halogens is 1. The average Bonchev–Trinajstić information content (AvgIpc) is 2.95. The summed E-state index contributed by atoms with van der Waals surface area (Å²) in [6, 6.07) is 2.90. The lowest BCUT2D eigenvalue weighted by Gasteiger charge is -2.38. The van der Waals surface area contributed by atoms with E-state index in [0.29, 0.717) is 18.6 Å². The van der Waals surface area contributed by atoms with E-state index in [-0.39, 0.29) is 24.0 Å². The highest BCUT2D eigenvalue weighted by atomic mass is 127. The molecule has 1 aromatic rings. The number of nitrogens with one attached hydrogen (secondary N) is 2. The van der Waals surface area contributed by atoms with Crippen molar-refractivity contribution >= 4 is 29.9 Å². The second kappa shape index (κ2) is 10.9. The van der Waals surface area contributed by atoms with Crippen LogP contribution in [0.1, 0.15) is 26.5 Å². The summed E-state index contributed by atoms with van der Waals surface area (Å²) in [4.78, 5) is 7.13. The topological polar surface area (TPSA) is 66.7 Å². The fraction of sp³-hybridized carbons (Fsp3) is 0.750. The van der Waals surface area contributed by atoms with Crippen LogP contribution >= 0.6 is 24.0 Å². The third kappa shape index (κ3) is 6.21. The smallest absolute Gasteiger partial charge is 0.191 e. The van der Waals surface area contributed by atoms with Crippen molar-refractivity contribution < 1.29 is 4.74 Å². The van der Waals surface area contributed by atoms with Crippen molar-refractivity contribution in [3.8, 4) is 0 Å². The number of nitrogens with zero attached hydrogens (tertiary/aromatic N) is 4. The average molecular weight is 450 g/mol. The van der Waals surface area contributed by atoms with Gasteiger partial charge in [-0.15, -0.1) is 24.0 Å². The van der Waals surface area contributed by atoms with Crippen LogP contribution in [0.25, 0.3) is 0 Å². The van der Waals surface area contributed by atoms with Crippen LogP contribution in [0.15, 0.2) is 17.3 Å². The first-order chi connectivity index (χ1) is 11.1. The Labute approximate surface area is 162 Å². The van der Waals surface area contributed by atoms with Crippen LogP contribution in [0, 0.1) is 0 Å². The molecule has 0 aliphatic carbocycles. The molecule has 2 atom stereocenters. The number of guanidine groups is 1. The fourth-order valence-corrected chi connectivity index (χ4v) is 2.81. The van der Waals surface area contributed by atoms with Gasteiger partial charge in [0.2, 0.25) is 0 Å². The zero-order chi connectivity index (χ0) is 16.7. The monoisotopic (exact) mass is 450 g/mol. The summed E-state index contributed by atoms with van der Waals surface area (Å²) in [5.74, 6) is 0.849. The Morgan fingerprint density at radius 1 is 1.50 bits per heavy atom. The lowest BCUT2D eigenvalue weighted by Crippen LogP contribution is -2.53. The number of rotatable bonds is 6. The molecule has 0 radical (unpaired) electrons. The molecule has 0 aromatic carbocycles. The minimum Gasteiger partial charge on any atom is -0.379 e. The minimum absolute atomic E-state index is 0. The summed E-state index contributed by atoms with van der Waals surface area (Å²) in [5, 5.41) is 10.9. The molecule has 2 N–H and O–H groups in total. The van der Waals surface area contributed by atoms with Crippen molar-refractivity contribution in [1.29, 1.82) is 0 Å². The standard InChI is InChI=1S/C16H30N6O.HI/c1-5-17-16(19-11-15-6-7-20-21(15)4)18-10-13(2)22-8-9-23-12-14(22)3;/h6-7,13-14H,5,8-12H2,1-4H3,(H2,17,18,19);1H. The predicted molar refractivity (Wildman–Crippen MR) is 108 cm³/mol. The summed E-state index contributed by atoms with van der Waals surface area (Å²) >= 11 is 0. The van der Waals surface area contributed by atoms with Gasteiger partial charge < -0.3 is 15.4 Å². The zero-order valence-corrected chi connectivity index (χ0v) is 17.5. The SMILES string of the molecule is CCNC(=NCc1ccnn1C)NCC(C)N1CCOCC1C.I. The highest BCUT2D eigenvalue weighted by Crippen LogP contribution is 2.10. The van der Waals surface area contributed by atoms with Crippen molar-refractivity contribution in [3.05, 3.63) is 18.0 Å². The van der Waals surface area contributed by atoms with Crippen LogP contribution in [-0.4, -0.2) is 65.6 Å². The second-order valence-electron chi connectivity index (χ2n) is 6.03. The van der Waals surface area contributed by atoms with Crippen LogP contribution in [-0.2, 0) is 18.3 Å². The number of ether oxygens (including phenoxy) is 1. The van der Waals surface area contributed by atoms with Gasteiger partial charge in [0.1, 0.15) is 0 Å². The highest BCUT2D eigenvalue weighted by Gasteiger charge is 2.23. The molecule has 1 saturated heterocycles. The van der Waals surface area contributed by atoms with E-state index in [2.05, 4.69) is 46.4 Å². The van der Waals surface area contributed by atoms with E-state index in [1.54, 1.807) is 6.20 Å². The second-order valence-corrected chi connectivity index (χ2v) is 6.03. The Balaban J connectivity index is 0.00000288. The Hall–Kier alpha value is -0.870. The number of hydrogen-bond donors (Lipinski definition) is 2. The Bertz CT molecular complexity index is 507. The molecule has 1 aromatic heterocycles. The number of aromatic nitrogens is 2. The van der Waals surface area contributed by atoms with Crippen molar-refractivity contribution in [2.45, 2.75) is 39.4 Å². The van der Waals surface area contributed by atoms with Gasteiger partial charge in [-0.1, -0.05) is 0 Å². The fourth-order valence-electron chi connectivity index (χ4n) is 2.81. The lowest BCUT2D eigenvalue weighted by molar-refractivity contribution is -0.0174. The van der Waals surface area contributed by atoms with Crippen LogP contribution in [0.3, 0.4) is 0 Å².